The molecule has 0 aromatic carbocycles. The maximum Gasteiger partial charge on any atom is 0.220 e. The maximum absolute atomic E-state index is 11.3. The second-order valence-corrected chi connectivity index (χ2v) is 4.26. The minimum atomic E-state index is -1.53. The van der Waals surface area contributed by atoms with E-state index < -0.39 is 48.7 Å². The standard InChI is InChI=1S/C11H18N2O7/c12-6(10(17)18)2-1-3-7(11(19)20)13-8(14)4-5-9(15)16/h6-7H,1-5,12H2,(H,13,14)(H,15,16)(H,17,18)(H,19,20)/p-2/t6-,7-/m0/s1. The van der Waals surface area contributed by atoms with Crippen LogP contribution < -0.4 is 26.4 Å². The van der Waals surface area contributed by atoms with E-state index in [9.17, 15) is 34.5 Å². The number of amides is 1. The number of hydrogen-bond acceptors (Lipinski definition) is 7. The Labute approximate surface area is 114 Å². The van der Waals surface area contributed by atoms with Gasteiger partial charge in [-0.05, 0) is 19.3 Å². The van der Waals surface area contributed by atoms with Crippen LogP contribution in [-0.4, -0.2) is 35.9 Å². The minimum Gasteiger partial charge on any atom is -0.550 e. The Balaban J connectivity index is 4.17. The van der Waals surface area contributed by atoms with Crippen LogP contribution in [0.15, 0.2) is 0 Å². The van der Waals surface area contributed by atoms with Crippen molar-refractivity contribution in [1.29, 1.82) is 0 Å². The molecule has 0 aliphatic carbocycles. The summed E-state index contributed by atoms with van der Waals surface area (Å²) in [7, 11) is 0. The van der Waals surface area contributed by atoms with Crippen molar-refractivity contribution in [2.45, 2.75) is 44.2 Å². The molecule has 0 aliphatic heterocycles. The number of carboxylic acids is 3. The summed E-state index contributed by atoms with van der Waals surface area (Å²) >= 11 is 0. The van der Waals surface area contributed by atoms with E-state index in [1.807, 2.05) is 0 Å². The first-order valence-electron chi connectivity index (χ1n) is 5.98. The molecule has 4 N–H and O–H groups in total. The lowest BCUT2D eigenvalue weighted by atomic mass is 10.1. The van der Waals surface area contributed by atoms with Crippen molar-refractivity contribution in [3.8, 4) is 0 Å². The molecule has 0 bridgehead atoms. The number of nitrogens with one attached hydrogen (secondary N) is 1. The molecular formula is C11H16N2O7-2. The van der Waals surface area contributed by atoms with E-state index in [0.717, 1.165) is 0 Å². The van der Waals surface area contributed by atoms with E-state index in [0.29, 0.717) is 0 Å². The number of carbonyl (C=O) groups excluding carboxylic acids is 4. The van der Waals surface area contributed by atoms with E-state index in [1.54, 1.807) is 0 Å². The maximum atomic E-state index is 11.3. The van der Waals surface area contributed by atoms with E-state index in [1.165, 1.54) is 0 Å². The molecular weight excluding hydrogens is 272 g/mol. The molecule has 9 nitrogen and oxygen atoms in total. The van der Waals surface area contributed by atoms with Crippen molar-refractivity contribution in [3.05, 3.63) is 0 Å². The first-order chi connectivity index (χ1) is 9.23. The molecule has 2 atom stereocenters. The highest BCUT2D eigenvalue weighted by Gasteiger charge is 2.15. The number of carbonyl (C=O) groups is 4. The highest BCUT2D eigenvalue weighted by Crippen LogP contribution is 2.03. The largest absolute Gasteiger partial charge is 0.550 e. The monoisotopic (exact) mass is 288 g/mol. The first-order valence-corrected chi connectivity index (χ1v) is 5.98. The van der Waals surface area contributed by atoms with Crippen molar-refractivity contribution in [1.82, 2.24) is 5.32 Å². The Kier molecular flexibility index (Phi) is 7.90. The number of quaternary nitrogens is 1. The Morgan fingerprint density at radius 1 is 0.950 bits per heavy atom. The summed E-state index contributed by atoms with van der Waals surface area (Å²) in [5, 5.41) is 33.4. The zero-order valence-electron chi connectivity index (χ0n) is 10.8. The van der Waals surface area contributed by atoms with Crippen molar-refractivity contribution >= 4 is 23.8 Å². The lowest BCUT2D eigenvalue weighted by molar-refractivity contribution is -0.438. The summed E-state index contributed by atoms with van der Waals surface area (Å²) in [5.74, 6) is -5.04. The summed E-state index contributed by atoms with van der Waals surface area (Å²) < 4.78 is 0. The van der Waals surface area contributed by atoms with Crippen LogP contribution in [0.4, 0.5) is 0 Å². The number of aliphatic carboxylic acids is 3. The van der Waals surface area contributed by atoms with Gasteiger partial charge in [-0.3, -0.25) is 4.79 Å². The molecule has 0 radical (unpaired) electrons. The zero-order chi connectivity index (χ0) is 15.7. The lowest BCUT2D eigenvalue weighted by Crippen LogP contribution is -2.68. The van der Waals surface area contributed by atoms with Gasteiger partial charge in [0.1, 0.15) is 6.04 Å². The molecule has 9 heteroatoms. The molecule has 0 spiro atoms. The van der Waals surface area contributed by atoms with Crippen LogP contribution in [0.3, 0.4) is 0 Å². The molecule has 0 unspecified atom stereocenters. The third-order valence-electron chi connectivity index (χ3n) is 2.55. The molecule has 1 amide bonds. The second-order valence-electron chi connectivity index (χ2n) is 4.26. The van der Waals surface area contributed by atoms with E-state index in [4.69, 9.17) is 0 Å². The van der Waals surface area contributed by atoms with Crippen LogP contribution >= 0.6 is 0 Å². The van der Waals surface area contributed by atoms with Gasteiger partial charge in [-0.25, -0.2) is 0 Å². The molecule has 114 valence electrons. The van der Waals surface area contributed by atoms with Crippen molar-refractivity contribution in [3.63, 3.8) is 0 Å². The van der Waals surface area contributed by atoms with Gasteiger partial charge in [0.25, 0.3) is 0 Å². The number of carboxylic acid groups (broad SMARTS) is 3. The molecule has 0 heterocycles. The Morgan fingerprint density at radius 2 is 1.55 bits per heavy atom. The second kappa shape index (κ2) is 8.86. The highest BCUT2D eigenvalue weighted by atomic mass is 16.4. The van der Waals surface area contributed by atoms with E-state index in [2.05, 4.69) is 11.1 Å². The van der Waals surface area contributed by atoms with Gasteiger partial charge in [0.05, 0.1) is 18.0 Å². The third-order valence-corrected chi connectivity index (χ3v) is 2.55. The number of rotatable bonds is 10. The quantitative estimate of drug-likeness (QED) is 0.402. The van der Waals surface area contributed by atoms with E-state index >= 15 is 0 Å². The Morgan fingerprint density at radius 3 is 2.00 bits per heavy atom. The van der Waals surface area contributed by atoms with Gasteiger partial charge in [-0.1, -0.05) is 0 Å². The van der Waals surface area contributed by atoms with Crippen molar-refractivity contribution < 1.29 is 40.2 Å². The normalized spacial score (nSPS) is 13.2. The van der Waals surface area contributed by atoms with Crippen LogP contribution in [0, 0.1) is 0 Å². The predicted molar refractivity (Wildman–Crippen MR) is 56.7 cm³/mol. The van der Waals surface area contributed by atoms with Gasteiger partial charge in [-0.15, -0.1) is 0 Å². The Hall–Kier alpha value is -2.16. The average Bonchev–Trinajstić information content (AvgIpc) is 2.34. The van der Waals surface area contributed by atoms with Gasteiger partial charge >= 0.3 is 0 Å². The van der Waals surface area contributed by atoms with Crippen LogP contribution in [0.5, 0.6) is 0 Å². The van der Waals surface area contributed by atoms with Gasteiger partial charge in [-0.2, -0.15) is 0 Å². The zero-order valence-corrected chi connectivity index (χ0v) is 10.8. The van der Waals surface area contributed by atoms with E-state index in [-0.39, 0.29) is 19.3 Å². The molecule has 0 rings (SSSR count). The number of hydrogen-bond donors (Lipinski definition) is 2. The van der Waals surface area contributed by atoms with Crippen LogP contribution in [0.25, 0.3) is 0 Å². The van der Waals surface area contributed by atoms with Gasteiger partial charge in [0.15, 0.2) is 0 Å². The fourth-order valence-corrected chi connectivity index (χ4v) is 1.42. The summed E-state index contributed by atoms with van der Waals surface area (Å²) in [6.07, 6.45) is -0.679. The van der Waals surface area contributed by atoms with Crippen LogP contribution in [0.1, 0.15) is 32.1 Å². The highest BCUT2D eigenvalue weighted by molar-refractivity contribution is 5.84. The molecule has 0 aromatic rings. The van der Waals surface area contributed by atoms with Crippen molar-refractivity contribution in [2.24, 2.45) is 0 Å². The SMILES string of the molecule is [NH3+][C@@H](CCC[C@H](NC(=O)CCC(=O)[O-])C(=O)[O-])C(=O)[O-]. The molecule has 0 aromatic heterocycles. The van der Waals surface area contributed by atoms with Gasteiger partial charge in [0.2, 0.25) is 5.91 Å². The Bertz CT molecular complexity index is 383. The molecule has 0 aliphatic rings. The van der Waals surface area contributed by atoms with Crippen molar-refractivity contribution in [2.75, 3.05) is 0 Å². The third kappa shape index (κ3) is 8.03. The predicted octanol–water partition coefficient (Wildman–Crippen LogP) is -5.72. The molecule has 0 saturated carbocycles. The minimum absolute atomic E-state index is 0.0430. The van der Waals surface area contributed by atoms with Crippen LogP contribution in [-0.2, 0) is 19.2 Å². The van der Waals surface area contributed by atoms with Gasteiger partial charge < -0.3 is 40.8 Å². The average molecular weight is 288 g/mol. The molecule has 20 heavy (non-hydrogen) atoms. The summed E-state index contributed by atoms with van der Waals surface area (Å²) in [4.78, 5) is 42.6. The summed E-state index contributed by atoms with van der Waals surface area (Å²) in [5.41, 5.74) is 3.30. The summed E-state index contributed by atoms with van der Waals surface area (Å²) in [6, 6.07) is -2.27. The van der Waals surface area contributed by atoms with Gasteiger partial charge in [0, 0.05) is 18.8 Å². The lowest BCUT2D eigenvalue weighted by Gasteiger charge is -2.20. The molecule has 0 fully saturated rings. The van der Waals surface area contributed by atoms with Crippen LogP contribution in [0.2, 0.25) is 0 Å². The molecule has 0 saturated heterocycles. The topological polar surface area (TPSA) is 177 Å². The fraction of sp³-hybridized carbons (Fsp3) is 0.636. The smallest absolute Gasteiger partial charge is 0.220 e. The first kappa shape index (κ1) is 17.8. The summed E-state index contributed by atoms with van der Waals surface area (Å²) in [6.45, 7) is 0. The fourth-order valence-electron chi connectivity index (χ4n) is 1.42.